The van der Waals surface area contributed by atoms with Crippen molar-refractivity contribution in [3.8, 4) is 0 Å². The van der Waals surface area contributed by atoms with Gasteiger partial charge in [-0.05, 0) is 69.9 Å². The Kier molecular flexibility index (Phi) is 7.54. The highest BCUT2D eigenvalue weighted by Crippen LogP contribution is 2.32. The number of hydrogen-bond donors (Lipinski definition) is 3. The number of hydrogen-bond acceptors (Lipinski definition) is 4. The lowest BCUT2D eigenvalue weighted by molar-refractivity contribution is -0.139. The van der Waals surface area contributed by atoms with Crippen molar-refractivity contribution in [1.82, 2.24) is 25.5 Å². The molecule has 34 heavy (non-hydrogen) atoms. The number of aromatic nitrogens is 2. The van der Waals surface area contributed by atoms with E-state index in [1.807, 2.05) is 36.9 Å². The number of piperidine rings is 1. The van der Waals surface area contributed by atoms with Crippen LogP contribution in [0.4, 0.5) is 0 Å². The van der Waals surface area contributed by atoms with Gasteiger partial charge in [-0.3, -0.25) is 14.4 Å². The van der Waals surface area contributed by atoms with Crippen molar-refractivity contribution in [1.29, 1.82) is 0 Å². The Labute approximate surface area is 201 Å². The number of carbonyl (C=O) groups is 3. The Balaban J connectivity index is 1.46. The summed E-state index contributed by atoms with van der Waals surface area (Å²) in [6.45, 7) is 6.66. The first-order valence-corrected chi connectivity index (χ1v) is 12.7. The van der Waals surface area contributed by atoms with Crippen molar-refractivity contribution in [3.63, 3.8) is 0 Å². The van der Waals surface area contributed by atoms with Crippen LogP contribution in [0.5, 0.6) is 0 Å². The molecule has 1 saturated heterocycles. The summed E-state index contributed by atoms with van der Waals surface area (Å²) >= 11 is 0. The molecule has 1 saturated carbocycles. The van der Waals surface area contributed by atoms with E-state index < -0.39 is 12.1 Å². The Morgan fingerprint density at radius 2 is 1.97 bits per heavy atom. The fraction of sp³-hybridized carbons (Fsp3) is 0.615. The molecule has 3 atom stereocenters. The lowest BCUT2D eigenvalue weighted by atomic mass is 9.98. The lowest BCUT2D eigenvalue weighted by Gasteiger charge is -2.36. The van der Waals surface area contributed by atoms with Gasteiger partial charge < -0.3 is 20.5 Å². The van der Waals surface area contributed by atoms with Crippen LogP contribution in [0.25, 0.3) is 11.0 Å². The Hall–Kier alpha value is -2.90. The number of carbonyl (C=O) groups excluding carboxylic acids is 3. The molecule has 184 valence electrons. The van der Waals surface area contributed by atoms with E-state index in [1.165, 1.54) is 0 Å². The molecule has 0 spiro atoms. The van der Waals surface area contributed by atoms with Gasteiger partial charge in [0.05, 0.1) is 23.5 Å². The molecule has 2 fully saturated rings. The number of likely N-dealkylation sites (tertiary alicyclic amines) is 1. The van der Waals surface area contributed by atoms with E-state index in [2.05, 4.69) is 27.5 Å². The molecule has 2 aliphatic rings. The summed E-state index contributed by atoms with van der Waals surface area (Å²) in [5, 5.41) is 5.82. The van der Waals surface area contributed by atoms with Crippen LogP contribution in [0.2, 0.25) is 0 Å². The van der Waals surface area contributed by atoms with Gasteiger partial charge in [-0.2, -0.15) is 0 Å². The first-order chi connectivity index (χ1) is 16.4. The van der Waals surface area contributed by atoms with Gasteiger partial charge >= 0.3 is 0 Å². The number of imidazole rings is 1. The third-order valence-corrected chi connectivity index (χ3v) is 7.12. The fourth-order valence-electron chi connectivity index (χ4n) is 4.87. The van der Waals surface area contributed by atoms with E-state index in [9.17, 15) is 14.4 Å². The van der Waals surface area contributed by atoms with Gasteiger partial charge in [0.15, 0.2) is 0 Å². The minimum Gasteiger partial charge on any atom is -0.345 e. The number of benzene rings is 1. The molecule has 1 aliphatic carbocycles. The highest BCUT2D eigenvalue weighted by atomic mass is 16.2. The number of amides is 3. The average molecular weight is 468 g/mol. The maximum absolute atomic E-state index is 13.3. The molecule has 3 N–H and O–H groups in total. The molecule has 0 radical (unpaired) electrons. The van der Waals surface area contributed by atoms with Gasteiger partial charge in [0.25, 0.3) is 0 Å². The van der Waals surface area contributed by atoms with Crippen molar-refractivity contribution >= 4 is 28.8 Å². The average Bonchev–Trinajstić information content (AvgIpc) is 3.51. The predicted molar refractivity (Wildman–Crippen MR) is 131 cm³/mol. The summed E-state index contributed by atoms with van der Waals surface area (Å²) in [4.78, 5) is 48.9. The predicted octanol–water partition coefficient (Wildman–Crippen LogP) is 3.51. The van der Waals surface area contributed by atoms with Crippen molar-refractivity contribution in [2.24, 2.45) is 5.92 Å². The van der Waals surface area contributed by atoms with E-state index in [1.54, 1.807) is 0 Å². The second-order valence-electron chi connectivity index (χ2n) is 9.94. The van der Waals surface area contributed by atoms with Gasteiger partial charge in [-0.25, -0.2) is 4.98 Å². The topological polar surface area (TPSA) is 107 Å². The van der Waals surface area contributed by atoms with Crippen LogP contribution >= 0.6 is 0 Å². The number of rotatable bonds is 9. The number of para-hydroxylation sites is 1. The van der Waals surface area contributed by atoms with Crippen LogP contribution in [0.3, 0.4) is 0 Å². The van der Waals surface area contributed by atoms with Crippen LogP contribution in [-0.2, 0) is 14.4 Å². The Morgan fingerprint density at radius 1 is 1.18 bits per heavy atom. The molecule has 8 heteroatoms. The molecular formula is C26H37N5O3. The van der Waals surface area contributed by atoms with Crippen molar-refractivity contribution < 1.29 is 14.4 Å². The van der Waals surface area contributed by atoms with E-state index >= 15 is 0 Å². The maximum Gasteiger partial charge on any atom is 0.243 e. The zero-order valence-corrected chi connectivity index (χ0v) is 20.5. The quantitative estimate of drug-likeness (QED) is 0.524. The maximum atomic E-state index is 13.3. The molecule has 2 aromatic rings. The highest BCUT2D eigenvalue weighted by molar-refractivity contribution is 5.92. The highest BCUT2D eigenvalue weighted by Gasteiger charge is 2.32. The third kappa shape index (κ3) is 5.77. The van der Waals surface area contributed by atoms with Gasteiger partial charge in [-0.1, -0.05) is 19.1 Å². The van der Waals surface area contributed by atoms with Crippen molar-refractivity contribution in [2.45, 2.75) is 90.3 Å². The number of fused-ring (bicyclic) bond motifs is 1. The number of nitrogens with one attached hydrogen (secondary N) is 3. The normalized spacial score (nSPS) is 20.1. The SMILES string of the molecule is CC[C@H]1CCCCN1C(=O)C[C@H](NC(=O)CC1CC1)C(=O)N[C@@H](C)c1nc2c(C)cccc2[nH]1. The third-order valence-electron chi connectivity index (χ3n) is 7.12. The number of aryl methyl sites for hydroxylation is 1. The second-order valence-corrected chi connectivity index (χ2v) is 9.94. The summed E-state index contributed by atoms with van der Waals surface area (Å²) in [5.74, 6) is 0.476. The number of nitrogens with zero attached hydrogens (tertiary/aromatic N) is 2. The van der Waals surface area contributed by atoms with Crippen molar-refractivity contribution in [2.75, 3.05) is 6.54 Å². The summed E-state index contributed by atoms with van der Waals surface area (Å²) < 4.78 is 0. The molecule has 8 nitrogen and oxygen atoms in total. The molecule has 2 heterocycles. The number of H-pyrrole nitrogens is 1. The lowest BCUT2D eigenvalue weighted by Crippen LogP contribution is -2.52. The molecule has 1 aromatic heterocycles. The smallest absolute Gasteiger partial charge is 0.243 e. The Bertz CT molecular complexity index is 1040. The summed E-state index contributed by atoms with van der Waals surface area (Å²) in [5.41, 5.74) is 2.84. The molecule has 1 aliphatic heterocycles. The first kappa shape index (κ1) is 24.2. The van der Waals surface area contributed by atoms with Crippen LogP contribution in [0.15, 0.2) is 18.2 Å². The summed E-state index contributed by atoms with van der Waals surface area (Å²) in [6.07, 6.45) is 6.50. The van der Waals surface area contributed by atoms with Gasteiger partial charge in [0, 0.05) is 19.0 Å². The number of aromatic amines is 1. The minimum atomic E-state index is -0.897. The van der Waals surface area contributed by atoms with Crippen LogP contribution in [0.1, 0.15) is 82.6 Å². The van der Waals surface area contributed by atoms with Crippen molar-refractivity contribution in [3.05, 3.63) is 29.6 Å². The monoisotopic (exact) mass is 467 g/mol. The van der Waals surface area contributed by atoms with Gasteiger partial charge in [-0.15, -0.1) is 0 Å². The molecular weight excluding hydrogens is 430 g/mol. The van der Waals surface area contributed by atoms with E-state index in [0.717, 1.165) is 61.7 Å². The van der Waals surface area contributed by atoms with Crippen LogP contribution in [0, 0.1) is 12.8 Å². The van der Waals surface area contributed by atoms with Crippen LogP contribution in [-0.4, -0.2) is 51.2 Å². The van der Waals surface area contributed by atoms with E-state index in [4.69, 9.17) is 0 Å². The Morgan fingerprint density at radius 3 is 2.68 bits per heavy atom. The van der Waals surface area contributed by atoms with E-state index in [0.29, 0.717) is 18.2 Å². The van der Waals surface area contributed by atoms with Gasteiger partial charge in [0.1, 0.15) is 11.9 Å². The van der Waals surface area contributed by atoms with E-state index in [-0.39, 0.29) is 30.2 Å². The largest absolute Gasteiger partial charge is 0.345 e. The molecule has 1 aromatic carbocycles. The first-order valence-electron chi connectivity index (χ1n) is 12.7. The second kappa shape index (κ2) is 10.6. The standard InChI is InChI=1S/C26H37N5O3/c1-4-19-9-5-6-13-31(19)23(33)15-21(28-22(32)14-18-11-12-18)26(34)27-17(3)25-29-20-10-7-8-16(2)24(20)30-25/h7-8,10,17-19,21H,4-6,9,11-15H2,1-3H3,(H,27,34)(H,28,32)(H,29,30)/t17-,19-,21-/m0/s1. The fourth-order valence-corrected chi connectivity index (χ4v) is 4.87. The van der Waals surface area contributed by atoms with Gasteiger partial charge in [0.2, 0.25) is 17.7 Å². The molecule has 3 amide bonds. The zero-order chi connectivity index (χ0) is 24.2. The molecule has 4 rings (SSSR count). The molecule has 0 unspecified atom stereocenters. The summed E-state index contributed by atoms with van der Waals surface area (Å²) in [7, 11) is 0. The summed E-state index contributed by atoms with van der Waals surface area (Å²) in [6, 6.07) is 4.84. The zero-order valence-electron chi connectivity index (χ0n) is 20.5. The minimum absolute atomic E-state index is 0.0231. The molecule has 0 bridgehead atoms. The van der Waals surface area contributed by atoms with Crippen LogP contribution < -0.4 is 10.6 Å².